The minimum absolute atomic E-state index is 0.0665. The van der Waals surface area contributed by atoms with E-state index in [2.05, 4.69) is 10.3 Å². The second kappa shape index (κ2) is 10.4. The Morgan fingerprint density at radius 3 is 2.47 bits per heavy atom. The molecular weight excluding hydrogens is 423 g/mol. The average Bonchev–Trinajstić information content (AvgIpc) is 2.80. The molecule has 0 saturated heterocycles. The Bertz CT molecular complexity index is 1110. The summed E-state index contributed by atoms with van der Waals surface area (Å²) in [5, 5.41) is 2.17. The number of halogens is 3. The predicted molar refractivity (Wildman–Crippen MR) is 112 cm³/mol. The predicted octanol–water partition coefficient (Wildman–Crippen LogP) is 4.78. The third kappa shape index (κ3) is 5.42. The lowest BCUT2D eigenvalue weighted by Crippen LogP contribution is -2.38. The van der Waals surface area contributed by atoms with E-state index in [1.807, 2.05) is 13.0 Å². The van der Waals surface area contributed by atoms with E-state index in [4.69, 9.17) is 4.74 Å². The number of aromatic nitrogens is 1. The molecule has 2 amide bonds. The number of hydrogen-bond donors (Lipinski definition) is 1. The maximum Gasteiger partial charge on any atom is 0.259 e. The zero-order valence-corrected chi connectivity index (χ0v) is 17.1. The lowest BCUT2D eigenvalue weighted by atomic mass is 10.2. The van der Waals surface area contributed by atoms with Crippen LogP contribution in [0.5, 0.6) is 11.6 Å². The van der Waals surface area contributed by atoms with Crippen molar-refractivity contribution < 1.29 is 27.5 Å². The SMILES string of the molecule is CCCN(CC(=O)Nc1ccc(F)c(F)c1F)C(=O)c1cccnc1Oc1ccccc1. The number of amides is 2. The van der Waals surface area contributed by atoms with Crippen molar-refractivity contribution in [3.05, 3.63) is 83.8 Å². The first-order chi connectivity index (χ1) is 15.4. The lowest BCUT2D eigenvalue weighted by Gasteiger charge is -2.22. The third-order valence-corrected chi connectivity index (χ3v) is 4.38. The van der Waals surface area contributed by atoms with Crippen LogP contribution in [-0.2, 0) is 4.79 Å². The summed E-state index contributed by atoms with van der Waals surface area (Å²) >= 11 is 0. The fourth-order valence-electron chi connectivity index (χ4n) is 2.91. The molecule has 0 radical (unpaired) electrons. The monoisotopic (exact) mass is 443 g/mol. The minimum atomic E-state index is -1.69. The quantitative estimate of drug-likeness (QED) is 0.509. The van der Waals surface area contributed by atoms with E-state index in [1.54, 1.807) is 30.3 Å². The van der Waals surface area contributed by atoms with Gasteiger partial charge in [-0.05, 0) is 42.8 Å². The smallest absolute Gasteiger partial charge is 0.259 e. The van der Waals surface area contributed by atoms with E-state index in [1.165, 1.54) is 17.2 Å². The van der Waals surface area contributed by atoms with Crippen LogP contribution in [0, 0.1) is 17.5 Å². The van der Waals surface area contributed by atoms with E-state index >= 15 is 0 Å². The van der Waals surface area contributed by atoms with E-state index in [-0.39, 0.29) is 18.0 Å². The molecule has 3 rings (SSSR count). The number of anilines is 1. The van der Waals surface area contributed by atoms with Gasteiger partial charge in [-0.2, -0.15) is 0 Å². The van der Waals surface area contributed by atoms with Crippen molar-refractivity contribution >= 4 is 17.5 Å². The Balaban J connectivity index is 1.78. The molecule has 1 N–H and O–H groups in total. The molecule has 0 atom stereocenters. The summed E-state index contributed by atoms with van der Waals surface area (Å²) in [5.41, 5.74) is -0.385. The van der Waals surface area contributed by atoms with E-state index in [9.17, 15) is 22.8 Å². The molecule has 2 aromatic carbocycles. The molecule has 0 aliphatic rings. The Kier molecular flexibility index (Phi) is 7.43. The topological polar surface area (TPSA) is 71.5 Å². The Hall–Kier alpha value is -3.88. The highest BCUT2D eigenvalue weighted by Gasteiger charge is 2.23. The van der Waals surface area contributed by atoms with Gasteiger partial charge in [-0.1, -0.05) is 25.1 Å². The van der Waals surface area contributed by atoms with Gasteiger partial charge in [0.2, 0.25) is 11.8 Å². The number of carbonyl (C=O) groups excluding carboxylic acids is 2. The van der Waals surface area contributed by atoms with Gasteiger partial charge < -0.3 is 15.0 Å². The fourth-order valence-corrected chi connectivity index (χ4v) is 2.91. The van der Waals surface area contributed by atoms with Crippen molar-refractivity contribution in [1.29, 1.82) is 0 Å². The molecule has 32 heavy (non-hydrogen) atoms. The number of ether oxygens (including phenoxy) is 1. The van der Waals surface area contributed by atoms with Crippen LogP contribution < -0.4 is 10.1 Å². The Labute approximate surface area is 182 Å². The van der Waals surface area contributed by atoms with Crippen molar-refractivity contribution in [2.45, 2.75) is 13.3 Å². The fraction of sp³-hybridized carbons (Fsp3) is 0.174. The van der Waals surface area contributed by atoms with Crippen LogP contribution in [-0.4, -0.2) is 34.8 Å². The number of nitrogens with one attached hydrogen (secondary N) is 1. The summed E-state index contributed by atoms with van der Waals surface area (Å²) in [7, 11) is 0. The minimum Gasteiger partial charge on any atom is -0.438 e. The number of pyridine rings is 1. The van der Waals surface area contributed by atoms with Gasteiger partial charge in [-0.3, -0.25) is 9.59 Å². The molecule has 6 nitrogen and oxygen atoms in total. The first-order valence-corrected chi connectivity index (χ1v) is 9.81. The van der Waals surface area contributed by atoms with E-state index in [0.717, 1.165) is 6.07 Å². The molecule has 9 heteroatoms. The summed E-state index contributed by atoms with van der Waals surface area (Å²) < 4.78 is 46.1. The number of carbonyl (C=O) groups is 2. The zero-order chi connectivity index (χ0) is 23.1. The first-order valence-electron chi connectivity index (χ1n) is 9.81. The summed E-state index contributed by atoms with van der Waals surface area (Å²) in [4.78, 5) is 30.9. The zero-order valence-electron chi connectivity index (χ0n) is 17.1. The highest BCUT2D eigenvalue weighted by Crippen LogP contribution is 2.24. The second-order valence-corrected chi connectivity index (χ2v) is 6.77. The summed E-state index contributed by atoms with van der Waals surface area (Å²) in [6.45, 7) is 1.59. The lowest BCUT2D eigenvalue weighted by molar-refractivity contribution is -0.116. The largest absolute Gasteiger partial charge is 0.438 e. The van der Waals surface area contributed by atoms with Gasteiger partial charge in [0.25, 0.3) is 5.91 Å². The van der Waals surface area contributed by atoms with Gasteiger partial charge in [-0.25, -0.2) is 18.2 Å². The van der Waals surface area contributed by atoms with Gasteiger partial charge in [-0.15, -0.1) is 0 Å². The molecule has 0 saturated carbocycles. The average molecular weight is 443 g/mol. The maximum atomic E-state index is 13.9. The number of nitrogens with zero attached hydrogens (tertiary/aromatic N) is 2. The number of para-hydroxylation sites is 1. The van der Waals surface area contributed by atoms with Crippen molar-refractivity contribution in [3.63, 3.8) is 0 Å². The van der Waals surface area contributed by atoms with Gasteiger partial charge in [0.05, 0.1) is 5.69 Å². The highest BCUT2D eigenvalue weighted by molar-refractivity contribution is 6.00. The van der Waals surface area contributed by atoms with Crippen LogP contribution in [0.25, 0.3) is 0 Å². The molecule has 0 fully saturated rings. The van der Waals surface area contributed by atoms with Crippen molar-refractivity contribution in [3.8, 4) is 11.6 Å². The van der Waals surface area contributed by atoms with Crippen LogP contribution in [0.3, 0.4) is 0 Å². The molecule has 0 unspecified atom stereocenters. The maximum absolute atomic E-state index is 13.9. The summed E-state index contributed by atoms with van der Waals surface area (Å²) in [5.74, 6) is -5.32. The molecule has 166 valence electrons. The standard InChI is InChI=1S/C23H20F3N3O3/c1-2-13-29(14-19(30)28-18-11-10-17(24)20(25)21(18)26)23(31)16-9-6-12-27-22(16)32-15-7-4-3-5-8-15/h3-12H,2,13-14H2,1H3,(H,28,30). The molecule has 3 aromatic rings. The van der Waals surface area contributed by atoms with Gasteiger partial charge in [0, 0.05) is 12.7 Å². The molecule has 0 bridgehead atoms. The van der Waals surface area contributed by atoms with E-state index in [0.29, 0.717) is 18.2 Å². The Morgan fingerprint density at radius 1 is 1.00 bits per heavy atom. The first kappa shape index (κ1) is 22.8. The van der Waals surface area contributed by atoms with Crippen LogP contribution >= 0.6 is 0 Å². The molecule has 0 spiro atoms. The number of rotatable bonds is 8. The van der Waals surface area contributed by atoms with Crippen LogP contribution in [0.1, 0.15) is 23.7 Å². The normalized spacial score (nSPS) is 10.5. The Morgan fingerprint density at radius 2 is 1.75 bits per heavy atom. The molecule has 0 aliphatic heterocycles. The summed E-state index contributed by atoms with van der Waals surface area (Å²) in [6, 6.07) is 13.4. The molecule has 1 aromatic heterocycles. The van der Waals surface area contributed by atoms with E-state index < -0.39 is 41.5 Å². The molecular formula is C23H20F3N3O3. The van der Waals surface area contributed by atoms with Crippen LogP contribution in [0.2, 0.25) is 0 Å². The van der Waals surface area contributed by atoms with Gasteiger partial charge in [0.1, 0.15) is 17.9 Å². The molecule has 1 heterocycles. The van der Waals surface area contributed by atoms with Crippen molar-refractivity contribution in [1.82, 2.24) is 9.88 Å². The molecule has 0 aliphatic carbocycles. The van der Waals surface area contributed by atoms with Crippen LogP contribution in [0.15, 0.2) is 60.8 Å². The number of hydrogen-bond acceptors (Lipinski definition) is 4. The second-order valence-electron chi connectivity index (χ2n) is 6.77. The van der Waals surface area contributed by atoms with Crippen LogP contribution in [0.4, 0.5) is 18.9 Å². The number of benzene rings is 2. The van der Waals surface area contributed by atoms with Gasteiger partial charge >= 0.3 is 0 Å². The highest BCUT2D eigenvalue weighted by atomic mass is 19.2. The van der Waals surface area contributed by atoms with Crippen molar-refractivity contribution in [2.24, 2.45) is 0 Å². The van der Waals surface area contributed by atoms with Crippen molar-refractivity contribution in [2.75, 3.05) is 18.4 Å². The van der Waals surface area contributed by atoms with Gasteiger partial charge in [0.15, 0.2) is 17.5 Å². The summed E-state index contributed by atoms with van der Waals surface area (Å²) in [6.07, 6.45) is 2.01. The third-order valence-electron chi connectivity index (χ3n) is 4.38.